The van der Waals surface area contributed by atoms with Crippen LogP contribution in [0.15, 0.2) is 11.1 Å². The summed E-state index contributed by atoms with van der Waals surface area (Å²) in [7, 11) is 3.80. The van der Waals surface area contributed by atoms with Crippen LogP contribution in [0.4, 0.5) is 0 Å². The molecule has 0 unspecified atom stereocenters. The molecule has 234 valence electrons. The zero-order valence-electron chi connectivity index (χ0n) is 25.9. The van der Waals surface area contributed by atoms with Crippen molar-refractivity contribution >= 4 is 11.9 Å². The van der Waals surface area contributed by atoms with E-state index >= 15 is 0 Å². The molecule has 2 saturated heterocycles. The van der Waals surface area contributed by atoms with Gasteiger partial charge in [-0.1, -0.05) is 33.3 Å². The highest BCUT2D eigenvalue weighted by atomic mass is 16.7. The van der Waals surface area contributed by atoms with Crippen LogP contribution in [0.1, 0.15) is 80.1 Å². The van der Waals surface area contributed by atoms with Crippen LogP contribution >= 0.6 is 0 Å². The standard InChI is InChI=1S/C31H51NO9/c1-9-23-18(5)28(36)31(6)11-10-19-15(2)12-20(25(19)29(37)41-31)27(17(4)22(33)14-24(34)39-23)40-30-26(35)21(32(7)8)13-16(3)38-30/h15-18,20-23,26-28,30,33,35-36H,9-14H2,1-8H3/t15-,16-,17+,18+,20-,21+,22-,23-,26-,27-,28+,30+,31+/m1/s1. The number of hydrogen-bond acceptors (Lipinski definition) is 10. The lowest BCUT2D eigenvalue weighted by Crippen LogP contribution is -2.56. The van der Waals surface area contributed by atoms with Crippen molar-refractivity contribution in [1.82, 2.24) is 4.90 Å². The van der Waals surface area contributed by atoms with Gasteiger partial charge in [0.15, 0.2) is 6.29 Å². The number of fused-ring (bicyclic) bond motifs is 2. The quantitative estimate of drug-likeness (QED) is 0.425. The number of cyclic esters (lactones) is 1. The molecule has 13 atom stereocenters. The third-order valence-corrected chi connectivity index (χ3v) is 10.2. The highest BCUT2D eigenvalue weighted by Crippen LogP contribution is 2.49. The highest BCUT2D eigenvalue weighted by Gasteiger charge is 2.52. The van der Waals surface area contributed by atoms with Gasteiger partial charge in [0.25, 0.3) is 0 Å². The maximum absolute atomic E-state index is 13.9. The largest absolute Gasteiger partial charge is 0.462 e. The van der Waals surface area contributed by atoms with Crippen LogP contribution in [0.25, 0.3) is 0 Å². The smallest absolute Gasteiger partial charge is 0.334 e. The predicted octanol–water partition coefficient (Wildman–Crippen LogP) is 2.57. The third-order valence-electron chi connectivity index (χ3n) is 10.2. The molecule has 3 aliphatic heterocycles. The Hall–Kier alpha value is -1.56. The van der Waals surface area contributed by atoms with Gasteiger partial charge in [-0.2, -0.15) is 0 Å². The van der Waals surface area contributed by atoms with Gasteiger partial charge in [0.1, 0.15) is 17.8 Å². The van der Waals surface area contributed by atoms with Gasteiger partial charge in [-0.25, -0.2) is 4.79 Å². The van der Waals surface area contributed by atoms with Gasteiger partial charge in [0.2, 0.25) is 0 Å². The molecule has 0 saturated carbocycles. The van der Waals surface area contributed by atoms with Crippen LogP contribution in [-0.2, 0) is 28.5 Å². The van der Waals surface area contributed by atoms with Crippen molar-refractivity contribution in [2.24, 2.45) is 23.7 Å². The lowest BCUT2D eigenvalue weighted by atomic mass is 9.80. The summed E-state index contributed by atoms with van der Waals surface area (Å²) in [5.74, 6) is -2.54. The molecular weight excluding hydrogens is 530 g/mol. The van der Waals surface area contributed by atoms with Crippen LogP contribution in [0.3, 0.4) is 0 Å². The van der Waals surface area contributed by atoms with E-state index in [1.807, 2.05) is 32.8 Å². The topological polar surface area (TPSA) is 135 Å². The number of carbonyl (C=O) groups excluding carboxylic acids is 2. The number of carbonyl (C=O) groups is 2. The number of rotatable bonds is 4. The SMILES string of the molecule is CC[C@H]1OC(=O)C[C@@H](O)[C@H](C)[C@@H](O[C@@H]2O[C@H](C)C[C@H](N(C)C)[C@H]2O)[C@@H]2C[C@@H](C)C3=C2C(=O)O[C@@](C)(CC3)[C@@H](O)[C@H]1C. The number of aliphatic hydroxyl groups excluding tert-OH is 3. The molecule has 10 nitrogen and oxygen atoms in total. The Morgan fingerprint density at radius 1 is 1.05 bits per heavy atom. The van der Waals surface area contributed by atoms with Crippen molar-refractivity contribution in [2.75, 3.05) is 14.1 Å². The first-order valence-electron chi connectivity index (χ1n) is 15.4. The van der Waals surface area contributed by atoms with Crippen LogP contribution in [0.5, 0.6) is 0 Å². The van der Waals surface area contributed by atoms with Crippen molar-refractivity contribution in [3.05, 3.63) is 11.1 Å². The Labute approximate surface area is 244 Å². The Morgan fingerprint density at radius 2 is 1.73 bits per heavy atom. The van der Waals surface area contributed by atoms with E-state index in [1.165, 1.54) is 0 Å². The first-order valence-corrected chi connectivity index (χ1v) is 15.4. The average molecular weight is 582 g/mol. The molecule has 3 N–H and O–H groups in total. The summed E-state index contributed by atoms with van der Waals surface area (Å²) in [6.45, 7) is 11.2. The number of aliphatic hydroxyl groups is 3. The summed E-state index contributed by atoms with van der Waals surface area (Å²) in [4.78, 5) is 28.9. The van der Waals surface area contributed by atoms with Crippen molar-refractivity contribution < 1.29 is 43.9 Å². The molecule has 3 heterocycles. The average Bonchev–Trinajstić information content (AvgIpc) is 3.16. The molecule has 0 aromatic rings. The molecule has 0 spiro atoms. The van der Waals surface area contributed by atoms with Crippen LogP contribution in [0.2, 0.25) is 0 Å². The maximum Gasteiger partial charge on any atom is 0.334 e. The molecule has 4 rings (SSSR count). The second-order valence-corrected chi connectivity index (χ2v) is 13.4. The fourth-order valence-electron chi connectivity index (χ4n) is 7.52. The zero-order chi connectivity index (χ0) is 30.4. The number of hydrogen-bond donors (Lipinski definition) is 3. The second kappa shape index (κ2) is 12.6. The van der Waals surface area contributed by atoms with Crippen LogP contribution in [-0.4, -0.2) is 101 Å². The molecular formula is C31H51NO9. The molecule has 4 aliphatic rings. The van der Waals surface area contributed by atoms with E-state index in [1.54, 1.807) is 20.8 Å². The van der Waals surface area contributed by atoms with E-state index in [0.717, 1.165) is 5.57 Å². The van der Waals surface area contributed by atoms with E-state index in [9.17, 15) is 24.9 Å². The Balaban J connectivity index is 1.76. The molecule has 2 fully saturated rings. The van der Waals surface area contributed by atoms with E-state index in [-0.39, 0.29) is 24.5 Å². The fraction of sp³-hybridized carbons (Fsp3) is 0.871. The summed E-state index contributed by atoms with van der Waals surface area (Å²) in [6, 6.07) is -0.201. The van der Waals surface area contributed by atoms with Gasteiger partial charge >= 0.3 is 11.9 Å². The first-order chi connectivity index (χ1) is 19.2. The maximum atomic E-state index is 13.9. The molecule has 0 aromatic heterocycles. The Kier molecular flexibility index (Phi) is 9.93. The number of likely N-dealkylation sites (N-methyl/N-ethyl adjacent to an activating group) is 1. The summed E-state index contributed by atoms with van der Waals surface area (Å²) in [5, 5.41) is 34.1. The number of esters is 2. The molecule has 10 heteroatoms. The molecule has 41 heavy (non-hydrogen) atoms. The Morgan fingerprint density at radius 3 is 2.37 bits per heavy atom. The number of nitrogens with zero attached hydrogens (tertiary/aromatic N) is 1. The lowest BCUT2D eigenvalue weighted by molar-refractivity contribution is -0.281. The summed E-state index contributed by atoms with van der Waals surface area (Å²) < 4.78 is 24.6. The van der Waals surface area contributed by atoms with E-state index in [0.29, 0.717) is 37.7 Å². The van der Waals surface area contributed by atoms with Crippen molar-refractivity contribution in [3.63, 3.8) is 0 Å². The van der Waals surface area contributed by atoms with Gasteiger partial charge in [-0.15, -0.1) is 0 Å². The predicted molar refractivity (Wildman–Crippen MR) is 150 cm³/mol. The van der Waals surface area contributed by atoms with Gasteiger partial charge < -0.3 is 39.2 Å². The van der Waals surface area contributed by atoms with Crippen LogP contribution in [0, 0.1) is 23.7 Å². The minimum Gasteiger partial charge on any atom is -0.462 e. The van der Waals surface area contributed by atoms with E-state index in [4.69, 9.17) is 18.9 Å². The van der Waals surface area contributed by atoms with E-state index in [2.05, 4.69) is 6.92 Å². The molecule has 1 aliphatic carbocycles. The summed E-state index contributed by atoms with van der Waals surface area (Å²) in [5.41, 5.74) is 0.338. The van der Waals surface area contributed by atoms with Gasteiger partial charge in [0, 0.05) is 29.4 Å². The van der Waals surface area contributed by atoms with Gasteiger partial charge in [0.05, 0.1) is 30.8 Å². The second-order valence-electron chi connectivity index (χ2n) is 13.4. The normalized spacial score (nSPS) is 46.2. The molecule has 0 amide bonds. The monoisotopic (exact) mass is 581 g/mol. The fourth-order valence-corrected chi connectivity index (χ4v) is 7.52. The molecule has 0 aromatic carbocycles. The van der Waals surface area contributed by atoms with Crippen molar-refractivity contribution in [2.45, 2.75) is 135 Å². The summed E-state index contributed by atoms with van der Waals surface area (Å²) in [6.07, 6.45) is -3.28. The van der Waals surface area contributed by atoms with Crippen molar-refractivity contribution in [3.8, 4) is 0 Å². The first kappa shape index (κ1) is 32.4. The lowest BCUT2D eigenvalue weighted by Gasteiger charge is -2.44. The minimum absolute atomic E-state index is 0.0572. The third kappa shape index (κ3) is 6.38. The number of ether oxygens (including phenoxy) is 4. The van der Waals surface area contributed by atoms with E-state index < -0.39 is 72.1 Å². The molecule has 2 bridgehead atoms. The zero-order valence-corrected chi connectivity index (χ0v) is 25.9. The van der Waals surface area contributed by atoms with Crippen molar-refractivity contribution in [1.29, 1.82) is 0 Å². The van der Waals surface area contributed by atoms with Crippen LogP contribution < -0.4 is 0 Å². The highest BCUT2D eigenvalue weighted by molar-refractivity contribution is 5.91. The minimum atomic E-state index is -1.17. The molecule has 0 radical (unpaired) electrons. The Bertz CT molecular complexity index is 1000. The van der Waals surface area contributed by atoms with Gasteiger partial charge in [-0.05, 0) is 66.0 Å². The summed E-state index contributed by atoms with van der Waals surface area (Å²) >= 11 is 0. The number of allylic oxidation sites excluding steroid dienone is 1. The van der Waals surface area contributed by atoms with Gasteiger partial charge in [-0.3, -0.25) is 4.79 Å².